The van der Waals surface area contributed by atoms with Crippen molar-refractivity contribution >= 4 is 45.9 Å². The summed E-state index contributed by atoms with van der Waals surface area (Å²) in [6, 6.07) is 29.4. The van der Waals surface area contributed by atoms with Gasteiger partial charge in [0.25, 0.3) is 0 Å². The van der Waals surface area contributed by atoms with Crippen molar-refractivity contribution in [3.05, 3.63) is 94.1 Å². The van der Waals surface area contributed by atoms with Gasteiger partial charge in [0.1, 0.15) is 16.8 Å². The molecule has 0 aliphatic heterocycles. The Bertz CT molecular complexity index is 1390. The van der Waals surface area contributed by atoms with Crippen molar-refractivity contribution in [2.45, 2.75) is 23.6 Å². The molecule has 1 aromatic heterocycles. The number of methoxy groups -OCH3 is 1. The summed E-state index contributed by atoms with van der Waals surface area (Å²) in [5.41, 5.74) is 4.52. The summed E-state index contributed by atoms with van der Waals surface area (Å²) in [7, 11) is 1.62. The molecule has 1 N–H and O–H groups in total. The van der Waals surface area contributed by atoms with Crippen LogP contribution in [0.3, 0.4) is 0 Å². The second-order valence-corrected chi connectivity index (χ2v) is 10.4. The van der Waals surface area contributed by atoms with Gasteiger partial charge in [0, 0.05) is 20.4 Å². The Morgan fingerprint density at radius 2 is 1.75 bits per heavy atom. The molecule has 0 saturated carbocycles. The molecule has 0 aliphatic rings. The second kappa shape index (κ2) is 12.1. The highest BCUT2D eigenvalue weighted by atomic mass is 127. The Morgan fingerprint density at radius 1 is 1.06 bits per heavy atom. The van der Waals surface area contributed by atoms with Gasteiger partial charge in [-0.3, -0.25) is 4.79 Å². The number of benzene rings is 3. The predicted molar refractivity (Wildman–Crippen MR) is 154 cm³/mol. The van der Waals surface area contributed by atoms with Crippen molar-refractivity contribution in [2.24, 2.45) is 0 Å². The third kappa shape index (κ3) is 6.07. The molecule has 4 aromatic rings. The quantitative estimate of drug-likeness (QED) is 0.167. The summed E-state index contributed by atoms with van der Waals surface area (Å²) in [6.07, 6.45) is 0.584. The van der Waals surface area contributed by atoms with Gasteiger partial charge in [-0.2, -0.15) is 5.26 Å². The molecule has 1 atom stereocenters. The molecule has 0 spiro atoms. The van der Waals surface area contributed by atoms with Gasteiger partial charge in [0.2, 0.25) is 5.91 Å². The van der Waals surface area contributed by atoms with Gasteiger partial charge in [-0.1, -0.05) is 61.2 Å². The zero-order valence-electron chi connectivity index (χ0n) is 19.9. The highest BCUT2D eigenvalue weighted by Gasteiger charge is 2.23. The summed E-state index contributed by atoms with van der Waals surface area (Å²) in [4.78, 5) is 18.0. The Morgan fingerprint density at radius 3 is 2.36 bits per heavy atom. The molecule has 1 unspecified atom stereocenters. The van der Waals surface area contributed by atoms with Crippen molar-refractivity contribution in [3.8, 4) is 34.2 Å². The molecule has 4 rings (SSSR count). The number of hydrogen-bond acceptors (Lipinski definition) is 5. The highest BCUT2D eigenvalue weighted by molar-refractivity contribution is 14.1. The number of thioether (sulfide) groups is 1. The van der Waals surface area contributed by atoms with E-state index in [4.69, 9.17) is 9.72 Å². The summed E-state index contributed by atoms with van der Waals surface area (Å²) in [5.74, 6) is 0.619. The number of pyridine rings is 1. The SMILES string of the molecule is CCC(Sc1nc(-c2ccccc2)cc(-c2ccc(OC)cc2)c1C#N)C(=O)Nc1ccc(I)cc1. The lowest BCUT2D eigenvalue weighted by atomic mass is 9.99. The fraction of sp³-hybridized carbons (Fsp3) is 0.138. The number of hydrogen-bond donors (Lipinski definition) is 1. The predicted octanol–water partition coefficient (Wildman–Crippen LogP) is 7.41. The first-order valence-electron chi connectivity index (χ1n) is 11.4. The normalized spacial score (nSPS) is 11.4. The number of halogens is 1. The average molecular weight is 606 g/mol. The van der Waals surface area contributed by atoms with E-state index in [9.17, 15) is 10.1 Å². The number of nitrogens with zero attached hydrogens (tertiary/aromatic N) is 2. The first-order chi connectivity index (χ1) is 17.5. The number of aromatic nitrogens is 1. The first kappa shape index (κ1) is 25.7. The molecule has 0 bridgehead atoms. The van der Waals surface area contributed by atoms with Crippen molar-refractivity contribution in [1.82, 2.24) is 4.98 Å². The van der Waals surface area contributed by atoms with Gasteiger partial charge in [0.15, 0.2) is 0 Å². The Labute approximate surface area is 229 Å². The Kier molecular flexibility index (Phi) is 8.62. The maximum absolute atomic E-state index is 13.2. The van der Waals surface area contributed by atoms with Gasteiger partial charge >= 0.3 is 0 Å². The zero-order valence-corrected chi connectivity index (χ0v) is 22.8. The van der Waals surface area contributed by atoms with E-state index in [0.29, 0.717) is 17.0 Å². The van der Waals surface area contributed by atoms with E-state index in [-0.39, 0.29) is 5.91 Å². The van der Waals surface area contributed by atoms with E-state index >= 15 is 0 Å². The third-order valence-electron chi connectivity index (χ3n) is 5.60. The van der Waals surface area contributed by atoms with Crippen molar-refractivity contribution < 1.29 is 9.53 Å². The smallest absolute Gasteiger partial charge is 0.237 e. The van der Waals surface area contributed by atoms with Crippen LogP contribution in [0.5, 0.6) is 5.75 Å². The molecular weight excluding hydrogens is 581 g/mol. The van der Waals surface area contributed by atoms with Crippen molar-refractivity contribution in [1.29, 1.82) is 5.26 Å². The standard InChI is InChI=1S/C29H24IN3O2S/c1-3-27(28(34)32-22-13-11-21(30)12-14-22)36-29-25(18-31)24(19-9-15-23(35-2)16-10-19)17-26(33-29)20-7-5-4-6-8-20/h4-17,27H,3H2,1-2H3,(H,32,34). The molecule has 0 fully saturated rings. The molecule has 180 valence electrons. The maximum atomic E-state index is 13.2. The number of anilines is 1. The van der Waals surface area contributed by atoms with Crippen LogP contribution in [0.1, 0.15) is 18.9 Å². The van der Waals surface area contributed by atoms with Crippen LogP contribution in [-0.4, -0.2) is 23.3 Å². The van der Waals surface area contributed by atoms with Crippen LogP contribution >= 0.6 is 34.4 Å². The molecule has 0 saturated heterocycles. The molecule has 1 amide bonds. The van der Waals surface area contributed by atoms with Crippen LogP contribution in [-0.2, 0) is 4.79 Å². The zero-order chi connectivity index (χ0) is 25.5. The molecule has 3 aromatic carbocycles. The summed E-state index contributed by atoms with van der Waals surface area (Å²) in [5, 5.41) is 13.3. The maximum Gasteiger partial charge on any atom is 0.237 e. The van der Waals surface area contributed by atoms with E-state index in [1.54, 1.807) is 7.11 Å². The molecule has 0 radical (unpaired) electrons. The average Bonchev–Trinajstić information content (AvgIpc) is 2.93. The molecule has 36 heavy (non-hydrogen) atoms. The van der Waals surface area contributed by atoms with Crippen LogP contribution in [0.4, 0.5) is 5.69 Å². The number of ether oxygens (including phenoxy) is 1. The fourth-order valence-corrected chi connectivity index (χ4v) is 5.07. The van der Waals surface area contributed by atoms with Crippen molar-refractivity contribution in [3.63, 3.8) is 0 Å². The lowest BCUT2D eigenvalue weighted by Crippen LogP contribution is -2.24. The molecule has 1 heterocycles. The largest absolute Gasteiger partial charge is 0.497 e. The van der Waals surface area contributed by atoms with E-state index in [1.807, 2.05) is 91.9 Å². The Balaban J connectivity index is 1.75. The van der Waals surface area contributed by atoms with E-state index in [2.05, 4.69) is 34.0 Å². The minimum atomic E-state index is -0.418. The van der Waals surface area contributed by atoms with Crippen LogP contribution in [0, 0.1) is 14.9 Å². The highest BCUT2D eigenvalue weighted by Crippen LogP contribution is 2.37. The number of rotatable bonds is 8. The van der Waals surface area contributed by atoms with Gasteiger partial charge in [-0.25, -0.2) is 4.98 Å². The third-order valence-corrected chi connectivity index (χ3v) is 7.67. The van der Waals surface area contributed by atoms with Gasteiger partial charge in [-0.15, -0.1) is 0 Å². The van der Waals surface area contributed by atoms with Gasteiger partial charge in [0.05, 0.1) is 23.6 Å². The lowest BCUT2D eigenvalue weighted by Gasteiger charge is -2.17. The van der Waals surface area contributed by atoms with E-state index in [1.165, 1.54) is 11.8 Å². The molecule has 7 heteroatoms. The first-order valence-corrected chi connectivity index (χ1v) is 13.4. The number of carbonyl (C=O) groups excluding carboxylic acids is 1. The monoisotopic (exact) mass is 605 g/mol. The minimum Gasteiger partial charge on any atom is -0.497 e. The summed E-state index contributed by atoms with van der Waals surface area (Å²) >= 11 is 3.55. The number of amides is 1. The number of carbonyl (C=O) groups is 1. The number of nitrogens with one attached hydrogen (secondary N) is 1. The van der Waals surface area contributed by atoms with Gasteiger partial charge in [-0.05, 0) is 77.0 Å². The van der Waals surface area contributed by atoms with Crippen LogP contribution in [0.15, 0.2) is 90.0 Å². The lowest BCUT2D eigenvalue weighted by molar-refractivity contribution is -0.115. The van der Waals surface area contributed by atoms with Crippen molar-refractivity contribution in [2.75, 3.05) is 12.4 Å². The van der Waals surface area contributed by atoms with E-state index < -0.39 is 5.25 Å². The second-order valence-electron chi connectivity index (χ2n) is 7.95. The van der Waals surface area contributed by atoms with Crippen LogP contribution in [0.2, 0.25) is 0 Å². The van der Waals surface area contributed by atoms with Crippen LogP contribution < -0.4 is 10.1 Å². The van der Waals surface area contributed by atoms with Gasteiger partial charge < -0.3 is 10.1 Å². The van der Waals surface area contributed by atoms with E-state index in [0.717, 1.165) is 37.4 Å². The topological polar surface area (TPSA) is 75.0 Å². The van der Waals surface area contributed by atoms with Crippen LogP contribution in [0.25, 0.3) is 22.4 Å². The fourth-order valence-electron chi connectivity index (χ4n) is 3.68. The Hall–Kier alpha value is -3.35. The molecular formula is C29H24IN3O2S. The summed E-state index contributed by atoms with van der Waals surface area (Å²) < 4.78 is 6.40. The molecule has 5 nitrogen and oxygen atoms in total. The summed E-state index contributed by atoms with van der Waals surface area (Å²) in [6.45, 7) is 1.96. The number of nitriles is 1. The molecule has 0 aliphatic carbocycles. The minimum absolute atomic E-state index is 0.120.